The van der Waals surface area contributed by atoms with Crippen LogP contribution in [0.2, 0.25) is 0 Å². The van der Waals surface area contributed by atoms with Crippen molar-refractivity contribution in [3.63, 3.8) is 0 Å². The number of nitrogens with zero attached hydrogens (tertiary/aromatic N) is 1. The summed E-state index contributed by atoms with van der Waals surface area (Å²) in [6.45, 7) is 0.436. The zero-order valence-electron chi connectivity index (χ0n) is 19.2. The summed E-state index contributed by atoms with van der Waals surface area (Å²) in [5.41, 5.74) is 3.77. The van der Waals surface area contributed by atoms with Gasteiger partial charge in [0.1, 0.15) is 6.04 Å². The number of fused-ring (bicyclic) bond motifs is 1. The lowest BCUT2D eigenvalue weighted by molar-refractivity contribution is -0.139. The van der Waals surface area contributed by atoms with Crippen molar-refractivity contribution in [1.29, 1.82) is 0 Å². The number of rotatable bonds is 7. The van der Waals surface area contributed by atoms with Gasteiger partial charge in [-0.15, -0.1) is 0 Å². The van der Waals surface area contributed by atoms with Gasteiger partial charge in [-0.25, -0.2) is 9.59 Å². The number of carbonyl (C=O) groups is 2. The van der Waals surface area contributed by atoms with Gasteiger partial charge >= 0.3 is 12.0 Å². The first-order valence-corrected chi connectivity index (χ1v) is 11.2. The van der Waals surface area contributed by atoms with Gasteiger partial charge in [-0.3, -0.25) is 0 Å². The van der Waals surface area contributed by atoms with Gasteiger partial charge < -0.3 is 24.8 Å². The molecule has 0 saturated carbocycles. The predicted octanol–water partition coefficient (Wildman–Crippen LogP) is 4.06. The molecule has 176 valence electrons. The van der Waals surface area contributed by atoms with Crippen LogP contribution in [0.25, 0.3) is 0 Å². The normalized spacial score (nSPS) is 15.7. The lowest BCUT2D eigenvalue weighted by Gasteiger charge is -2.38. The molecule has 0 spiro atoms. The number of aliphatic carboxylic acids is 1. The fourth-order valence-electron chi connectivity index (χ4n) is 4.44. The third-order valence-corrected chi connectivity index (χ3v) is 6.13. The molecular weight excluding hydrogens is 432 g/mol. The Morgan fingerprint density at radius 3 is 2.24 bits per heavy atom. The molecule has 0 radical (unpaired) electrons. The number of hydrogen-bond acceptors (Lipinski definition) is 4. The van der Waals surface area contributed by atoms with Crippen LogP contribution >= 0.6 is 0 Å². The molecule has 2 N–H and O–H groups in total. The number of carboxylic acid groups (broad SMARTS) is 1. The molecule has 2 atom stereocenters. The molecule has 0 bridgehead atoms. The largest absolute Gasteiger partial charge is 0.493 e. The molecule has 0 unspecified atom stereocenters. The van der Waals surface area contributed by atoms with Crippen LogP contribution in [-0.4, -0.2) is 48.8 Å². The molecule has 1 aliphatic rings. The van der Waals surface area contributed by atoms with E-state index in [-0.39, 0.29) is 6.42 Å². The summed E-state index contributed by atoms with van der Waals surface area (Å²) in [5.74, 6) is 0.147. The summed E-state index contributed by atoms with van der Waals surface area (Å²) in [5, 5.41) is 12.5. The number of ether oxygens (including phenoxy) is 2. The van der Waals surface area contributed by atoms with Crippen LogP contribution in [0.4, 0.5) is 4.79 Å². The fourth-order valence-corrected chi connectivity index (χ4v) is 4.44. The van der Waals surface area contributed by atoms with Gasteiger partial charge in [-0.2, -0.15) is 0 Å². The molecule has 2 amide bonds. The first-order chi connectivity index (χ1) is 16.5. The highest BCUT2D eigenvalue weighted by atomic mass is 16.5. The third-order valence-electron chi connectivity index (χ3n) is 6.13. The van der Waals surface area contributed by atoms with Crippen LogP contribution in [-0.2, 0) is 17.6 Å². The minimum atomic E-state index is -1.07. The standard InChI is InChI=1S/C27H28N2O5/c1-33-23-16-20-13-14-29(25(19-11-7-4-8-12-19)21(20)17-24(23)34-2)27(32)28-22(26(30)31)15-18-9-5-3-6-10-18/h3-12,16-17,22,25H,13-15H2,1-2H3,(H,28,32)(H,30,31)/t22-,25-/m1/s1. The molecule has 7 nitrogen and oxygen atoms in total. The van der Waals surface area contributed by atoms with E-state index in [0.29, 0.717) is 24.5 Å². The van der Waals surface area contributed by atoms with Gasteiger partial charge in [0.25, 0.3) is 0 Å². The lowest BCUT2D eigenvalue weighted by atomic mass is 9.88. The zero-order chi connectivity index (χ0) is 24.1. The minimum absolute atomic E-state index is 0.202. The van der Waals surface area contributed by atoms with Gasteiger partial charge in [-0.05, 0) is 40.8 Å². The van der Waals surface area contributed by atoms with Crippen LogP contribution in [0.15, 0.2) is 72.8 Å². The average Bonchev–Trinajstić information content (AvgIpc) is 2.87. The summed E-state index contributed by atoms with van der Waals surface area (Å²) >= 11 is 0. The Kier molecular flexibility index (Phi) is 7.01. The Hall–Kier alpha value is -4.00. The summed E-state index contributed by atoms with van der Waals surface area (Å²) in [4.78, 5) is 27.1. The van der Waals surface area contributed by atoms with E-state index < -0.39 is 24.1 Å². The van der Waals surface area contributed by atoms with E-state index in [9.17, 15) is 14.7 Å². The van der Waals surface area contributed by atoms with E-state index in [1.807, 2.05) is 72.8 Å². The predicted molar refractivity (Wildman–Crippen MR) is 128 cm³/mol. The molecule has 34 heavy (non-hydrogen) atoms. The van der Waals surface area contributed by atoms with Gasteiger partial charge in [0, 0.05) is 13.0 Å². The zero-order valence-corrected chi connectivity index (χ0v) is 19.2. The van der Waals surface area contributed by atoms with Crippen LogP contribution < -0.4 is 14.8 Å². The number of benzene rings is 3. The highest BCUT2D eigenvalue weighted by molar-refractivity contribution is 5.83. The molecule has 4 rings (SSSR count). The molecule has 3 aromatic rings. The maximum absolute atomic E-state index is 13.5. The maximum atomic E-state index is 13.5. The van der Waals surface area contributed by atoms with Crippen LogP contribution in [0.5, 0.6) is 11.5 Å². The summed E-state index contributed by atoms with van der Waals surface area (Å²) in [6, 6.07) is 21.0. The number of nitrogens with one attached hydrogen (secondary N) is 1. The van der Waals surface area contributed by atoms with E-state index in [1.165, 1.54) is 0 Å². The first-order valence-electron chi connectivity index (χ1n) is 11.2. The average molecular weight is 461 g/mol. The highest BCUT2D eigenvalue weighted by Gasteiger charge is 2.35. The van der Waals surface area contributed by atoms with Gasteiger partial charge in [0.2, 0.25) is 0 Å². The molecule has 0 fully saturated rings. The van der Waals surface area contributed by atoms with Crippen molar-refractivity contribution in [3.8, 4) is 11.5 Å². The van der Waals surface area contributed by atoms with E-state index in [0.717, 1.165) is 22.3 Å². The van der Waals surface area contributed by atoms with Crippen molar-refractivity contribution in [3.05, 3.63) is 95.1 Å². The summed E-state index contributed by atoms with van der Waals surface area (Å²) in [6.07, 6.45) is 0.816. The van der Waals surface area contributed by atoms with E-state index in [4.69, 9.17) is 9.47 Å². The SMILES string of the molecule is COc1cc2c(cc1OC)[C@@H](c1ccccc1)N(C(=O)N[C@H](Cc1ccccc1)C(=O)O)CC2. The van der Waals surface area contributed by atoms with Crippen molar-refractivity contribution in [1.82, 2.24) is 10.2 Å². The van der Waals surface area contributed by atoms with Crippen LogP contribution in [0, 0.1) is 0 Å². The monoisotopic (exact) mass is 460 g/mol. The van der Waals surface area contributed by atoms with Crippen LogP contribution in [0.1, 0.15) is 28.3 Å². The molecule has 7 heteroatoms. The van der Waals surface area contributed by atoms with E-state index in [2.05, 4.69) is 5.32 Å². The van der Waals surface area contributed by atoms with Gasteiger partial charge in [0.15, 0.2) is 11.5 Å². The third kappa shape index (κ3) is 4.83. The molecule has 0 aliphatic carbocycles. The molecule has 1 heterocycles. The molecule has 3 aromatic carbocycles. The second-order valence-corrected chi connectivity index (χ2v) is 8.19. The molecule has 0 aromatic heterocycles. The van der Waals surface area contributed by atoms with E-state index in [1.54, 1.807) is 19.1 Å². The number of amides is 2. The maximum Gasteiger partial charge on any atom is 0.326 e. The van der Waals surface area contributed by atoms with Crippen LogP contribution in [0.3, 0.4) is 0 Å². The van der Waals surface area contributed by atoms with E-state index >= 15 is 0 Å². The second-order valence-electron chi connectivity index (χ2n) is 8.19. The number of carboxylic acids is 1. The summed E-state index contributed by atoms with van der Waals surface area (Å²) in [7, 11) is 3.18. The minimum Gasteiger partial charge on any atom is -0.493 e. The van der Waals surface area contributed by atoms with Gasteiger partial charge in [-0.1, -0.05) is 60.7 Å². The molecule has 1 aliphatic heterocycles. The molecule has 0 saturated heterocycles. The lowest BCUT2D eigenvalue weighted by Crippen LogP contribution is -2.51. The van der Waals surface area contributed by atoms with Crippen molar-refractivity contribution >= 4 is 12.0 Å². The molecular formula is C27H28N2O5. The topological polar surface area (TPSA) is 88.1 Å². The van der Waals surface area contributed by atoms with Gasteiger partial charge in [0.05, 0.1) is 20.3 Å². The van der Waals surface area contributed by atoms with Crippen molar-refractivity contribution in [2.75, 3.05) is 20.8 Å². The smallest absolute Gasteiger partial charge is 0.326 e. The number of urea groups is 1. The fraction of sp³-hybridized carbons (Fsp3) is 0.259. The van der Waals surface area contributed by atoms with Crippen molar-refractivity contribution in [2.24, 2.45) is 0 Å². The van der Waals surface area contributed by atoms with Crippen molar-refractivity contribution in [2.45, 2.75) is 24.9 Å². The quantitative estimate of drug-likeness (QED) is 0.555. The number of methoxy groups -OCH3 is 2. The Bertz CT molecular complexity index is 1150. The Labute approximate surface area is 198 Å². The Morgan fingerprint density at radius 1 is 1.00 bits per heavy atom. The first kappa shape index (κ1) is 23.2. The second kappa shape index (κ2) is 10.3. The number of carbonyl (C=O) groups excluding carboxylic acids is 1. The summed E-state index contributed by atoms with van der Waals surface area (Å²) < 4.78 is 11.0. The Balaban J connectivity index is 1.67. The highest BCUT2D eigenvalue weighted by Crippen LogP contribution is 2.41. The number of hydrogen-bond donors (Lipinski definition) is 2. The van der Waals surface area contributed by atoms with Crippen molar-refractivity contribution < 1.29 is 24.2 Å². The Morgan fingerprint density at radius 2 is 1.62 bits per heavy atom.